The molecule has 0 saturated carbocycles. The molecule has 3 nitrogen and oxygen atoms in total. The van der Waals surface area contributed by atoms with Gasteiger partial charge in [0.1, 0.15) is 6.29 Å². The Morgan fingerprint density at radius 2 is 2.80 bits per heavy atom. The van der Waals surface area contributed by atoms with Crippen molar-refractivity contribution in [1.29, 1.82) is 0 Å². The molecule has 1 aliphatic heterocycles. The predicted molar refractivity (Wildman–Crippen MR) is 42.6 cm³/mol. The van der Waals surface area contributed by atoms with Crippen LogP contribution in [0, 0.1) is 0 Å². The zero-order valence-corrected chi connectivity index (χ0v) is 6.41. The minimum absolute atomic E-state index is 0.434. The normalized spacial score (nSPS) is 16.2. The van der Waals surface area contributed by atoms with Gasteiger partial charge in [-0.25, -0.2) is 0 Å². The Hall–Kier alpha value is -0.480. The van der Waals surface area contributed by atoms with Crippen LogP contribution in [0.3, 0.4) is 0 Å². The summed E-state index contributed by atoms with van der Waals surface area (Å²) in [6, 6.07) is 0. The molecular weight excluding hydrogens is 148 g/mol. The van der Waals surface area contributed by atoms with Crippen molar-refractivity contribution in [2.75, 3.05) is 19.0 Å². The third-order valence-corrected chi connectivity index (χ3v) is 1.91. The number of rotatable bonds is 4. The van der Waals surface area contributed by atoms with Crippen molar-refractivity contribution in [3.05, 3.63) is 11.1 Å². The maximum absolute atomic E-state index is 9.87. The molecule has 1 aliphatic rings. The monoisotopic (exact) mass is 158 g/mol. The molecule has 0 fully saturated rings. The molecule has 10 heavy (non-hydrogen) atoms. The molecule has 4 heteroatoms. The first-order chi connectivity index (χ1) is 4.93. The Labute approximate surface area is 64.3 Å². The summed E-state index contributed by atoms with van der Waals surface area (Å²) in [6.07, 6.45) is 0.864. The number of thioether (sulfide) groups is 1. The standard InChI is InChI=1S/C6H10N2OS/c9-2-1-7-3-6-4-10-5-8-6/h2,4,7-8H,1,3,5H2. The summed E-state index contributed by atoms with van der Waals surface area (Å²) in [4.78, 5) is 9.87. The SMILES string of the molecule is O=CCNCC1=CSCN1. The summed E-state index contributed by atoms with van der Waals surface area (Å²) in [5.74, 6) is 0.956. The van der Waals surface area contributed by atoms with Crippen molar-refractivity contribution >= 4 is 18.0 Å². The number of carbonyl (C=O) groups excluding carboxylic acids is 1. The van der Waals surface area contributed by atoms with E-state index in [4.69, 9.17) is 0 Å². The number of carbonyl (C=O) groups is 1. The number of nitrogens with one attached hydrogen (secondary N) is 2. The molecule has 0 atom stereocenters. The van der Waals surface area contributed by atoms with Gasteiger partial charge in [-0.3, -0.25) is 0 Å². The van der Waals surface area contributed by atoms with Crippen LogP contribution in [0.15, 0.2) is 11.1 Å². The number of aldehydes is 1. The molecule has 56 valence electrons. The number of hydrogen-bond donors (Lipinski definition) is 2. The molecule has 0 unspecified atom stereocenters. The van der Waals surface area contributed by atoms with Crippen molar-refractivity contribution in [2.24, 2.45) is 0 Å². The molecule has 0 radical (unpaired) electrons. The summed E-state index contributed by atoms with van der Waals surface area (Å²) >= 11 is 1.74. The lowest BCUT2D eigenvalue weighted by atomic mass is 10.5. The Kier molecular flexibility index (Phi) is 3.32. The van der Waals surface area contributed by atoms with Crippen molar-refractivity contribution in [1.82, 2.24) is 10.6 Å². The van der Waals surface area contributed by atoms with Gasteiger partial charge in [0.2, 0.25) is 0 Å². The molecular formula is C6H10N2OS. The average molecular weight is 158 g/mol. The fourth-order valence-electron chi connectivity index (χ4n) is 0.688. The maximum atomic E-state index is 9.87. The van der Waals surface area contributed by atoms with E-state index in [1.165, 1.54) is 5.70 Å². The second kappa shape index (κ2) is 4.35. The van der Waals surface area contributed by atoms with Gasteiger partial charge in [0.15, 0.2) is 0 Å². The molecule has 1 heterocycles. The smallest absolute Gasteiger partial charge is 0.133 e. The van der Waals surface area contributed by atoms with E-state index in [0.717, 1.165) is 18.7 Å². The molecule has 0 bridgehead atoms. The van der Waals surface area contributed by atoms with Gasteiger partial charge in [-0.05, 0) is 5.41 Å². The summed E-state index contributed by atoms with van der Waals surface area (Å²) < 4.78 is 0. The van der Waals surface area contributed by atoms with E-state index >= 15 is 0 Å². The molecule has 0 aromatic heterocycles. The van der Waals surface area contributed by atoms with E-state index in [-0.39, 0.29) is 0 Å². The van der Waals surface area contributed by atoms with E-state index in [2.05, 4.69) is 16.0 Å². The van der Waals surface area contributed by atoms with Crippen LogP contribution in [-0.2, 0) is 4.79 Å². The molecule has 0 amide bonds. The van der Waals surface area contributed by atoms with Gasteiger partial charge in [-0.15, -0.1) is 11.8 Å². The quantitative estimate of drug-likeness (QED) is 0.443. The first-order valence-corrected chi connectivity index (χ1v) is 4.17. The molecule has 0 spiro atoms. The summed E-state index contributed by atoms with van der Waals surface area (Å²) in [6.45, 7) is 1.20. The lowest BCUT2D eigenvalue weighted by Gasteiger charge is -2.01. The summed E-state index contributed by atoms with van der Waals surface area (Å²) in [5.41, 5.74) is 1.17. The second-order valence-electron chi connectivity index (χ2n) is 1.93. The maximum Gasteiger partial charge on any atom is 0.133 e. The predicted octanol–water partition coefficient (Wildman–Crippen LogP) is -0.0898. The molecule has 0 aliphatic carbocycles. The first kappa shape index (κ1) is 7.63. The van der Waals surface area contributed by atoms with Crippen LogP contribution < -0.4 is 10.6 Å². The highest BCUT2D eigenvalue weighted by atomic mass is 32.2. The molecule has 0 aromatic rings. The highest BCUT2D eigenvalue weighted by molar-refractivity contribution is 8.02. The van der Waals surface area contributed by atoms with Gasteiger partial charge in [0.25, 0.3) is 0 Å². The van der Waals surface area contributed by atoms with Gasteiger partial charge in [0, 0.05) is 12.2 Å². The van der Waals surface area contributed by atoms with Crippen LogP contribution in [0.5, 0.6) is 0 Å². The lowest BCUT2D eigenvalue weighted by molar-refractivity contribution is -0.107. The van der Waals surface area contributed by atoms with Crippen molar-refractivity contribution in [2.45, 2.75) is 0 Å². The van der Waals surface area contributed by atoms with Gasteiger partial charge in [0.05, 0.1) is 12.4 Å². The molecule has 0 saturated heterocycles. The van der Waals surface area contributed by atoms with Crippen molar-refractivity contribution in [3.8, 4) is 0 Å². The first-order valence-electron chi connectivity index (χ1n) is 3.12. The molecule has 0 aromatic carbocycles. The zero-order chi connectivity index (χ0) is 7.23. The van der Waals surface area contributed by atoms with E-state index in [0.29, 0.717) is 6.54 Å². The van der Waals surface area contributed by atoms with Gasteiger partial charge in [-0.1, -0.05) is 0 Å². The molecule has 2 N–H and O–H groups in total. The van der Waals surface area contributed by atoms with Crippen molar-refractivity contribution in [3.63, 3.8) is 0 Å². The van der Waals surface area contributed by atoms with Crippen LogP contribution in [0.4, 0.5) is 0 Å². The Morgan fingerprint density at radius 3 is 3.40 bits per heavy atom. The molecule has 1 rings (SSSR count). The minimum atomic E-state index is 0.434. The van der Waals surface area contributed by atoms with Crippen LogP contribution in [-0.4, -0.2) is 25.3 Å². The minimum Gasteiger partial charge on any atom is -0.378 e. The lowest BCUT2D eigenvalue weighted by Crippen LogP contribution is -2.23. The number of hydrogen-bond acceptors (Lipinski definition) is 4. The highest BCUT2D eigenvalue weighted by Crippen LogP contribution is 2.10. The fraction of sp³-hybridized carbons (Fsp3) is 0.500. The van der Waals surface area contributed by atoms with Gasteiger partial charge < -0.3 is 15.4 Å². The topological polar surface area (TPSA) is 41.1 Å². The van der Waals surface area contributed by atoms with Crippen molar-refractivity contribution < 1.29 is 4.79 Å². The van der Waals surface area contributed by atoms with E-state index in [1.807, 2.05) is 0 Å². The van der Waals surface area contributed by atoms with Gasteiger partial charge in [-0.2, -0.15) is 0 Å². The average Bonchev–Trinajstić information content (AvgIpc) is 2.41. The van der Waals surface area contributed by atoms with Gasteiger partial charge >= 0.3 is 0 Å². The third kappa shape index (κ3) is 2.41. The Balaban J connectivity index is 2.06. The van der Waals surface area contributed by atoms with Crippen LogP contribution in [0.2, 0.25) is 0 Å². The van der Waals surface area contributed by atoms with E-state index in [1.54, 1.807) is 11.8 Å². The van der Waals surface area contributed by atoms with E-state index in [9.17, 15) is 4.79 Å². The van der Waals surface area contributed by atoms with E-state index < -0.39 is 0 Å². The summed E-state index contributed by atoms with van der Waals surface area (Å²) in [5, 5.41) is 8.19. The highest BCUT2D eigenvalue weighted by Gasteiger charge is 2.00. The van der Waals surface area contributed by atoms with Crippen LogP contribution in [0.25, 0.3) is 0 Å². The van der Waals surface area contributed by atoms with Crippen LogP contribution >= 0.6 is 11.8 Å². The van der Waals surface area contributed by atoms with Crippen LogP contribution in [0.1, 0.15) is 0 Å². The fourth-order valence-corrected chi connectivity index (χ4v) is 1.41. The zero-order valence-electron chi connectivity index (χ0n) is 5.59. The summed E-state index contributed by atoms with van der Waals surface area (Å²) in [7, 11) is 0. The third-order valence-electron chi connectivity index (χ3n) is 1.15. The second-order valence-corrected chi connectivity index (χ2v) is 2.79. The Bertz CT molecular complexity index is 147. The largest absolute Gasteiger partial charge is 0.378 e. The Morgan fingerprint density at radius 1 is 1.90 bits per heavy atom.